The Balaban J connectivity index is 3.00. The summed E-state index contributed by atoms with van der Waals surface area (Å²) in [7, 11) is 0. The van der Waals surface area contributed by atoms with Gasteiger partial charge in [0.15, 0.2) is 0 Å². The van der Waals surface area contributed by atoms with E-state index in [1.165, 1.54) is 6.92 Å². The molecule has 1 nitrogen and oxygen atoms in total. The van der Waals surface area contributed by atoms with Crippen molar-refractivity contribution in [3.05, 3.63) is 33.8 Å². The van der Waals surface area contributed by atoms with E-state index in [4.69, 9.17) is 5.26 Å². The van der Waals surface area contributed by atoms with Crippen LogP contribution in [0.25, 0.3) is 0 Å². The molecule has 0 heterocycles. The molecule has 0 saturated heterocycles. The zero-order chi connectivity index (χ0) is 9.84. The van der Waals surface area contributed by atoms with E-state index in [0.29, 0.717) is 12.0 Å². The number of benzene rings is 1. The molecule has 0 spiro atoms. The average Bonchev–Trinajstić information content (AvgIpc) is 2.04. The normalized spacial score (nSPS) is 12.2. The van der Waals surface area contributed by atoms with Crippen LogP contribution in [0.15, 0.2) is 22.7 Å². The monoisotopic (exact) mass is 241 g/mol. The summed E-state index contributed by atoms with van der Waals surface area (Å²) in [6.45, 7) is 1.49. The van der Waals surface area contributed by atoms with Crippen molar-refractivity contribution < 1.29 is 4.39 Å². The van der Waals surface area contributed by atoms with Crippen molar-refractivity contribution in [1.82, 2.24) is 0 Å². The molecule has 3 heteroatoms. The maximum absolute atomic E-state index is 12.9. The van der Waals surface area contributed by atoms with Crippen molar-refractivity contribution in [3.8, 4) is 6.07 Å². The highest BCUT2D eigenvalue weighted by atomic mass is 79.9. The van der Waals surface area contributed by atoms with Gasteiger partial charge in [-0.05, 0) is 24.1 Å². The van der Waals surface area contributed by atoms with Crippen LogP contribution in [-0.2, 0) is 6.42 Å². The van der Waals surface area contributed by atoms with Gasteiger partial charge in [-0.15, -0.1) is 0 Å². The third-order valence-electron chi connectivity index (χ3n) is 1.78. The van der Waals surface area contributed by atoms with Gasteiger partial charge in [0.05, 0.1) is 12.5 Å². The summed E-state index contributed by atoms with van der Waals surface area (Å²) in [5.41, 5.74) is 1.53. The van der Waals surface area contributed by atoms with Crippen molar-refractivity contribution in [3.63, 3.8) is 0 Å². The van der Waals surface area contributed by atoms with Crippen molar-refractivity contribution >= 4 is 15.9 Å². The predicted octanol–water partition coefficient (Wildman–Crippen LogP) is 3.55. The molecule has 0 aliphatic heterocycles. The lowest BCUT2D eigenvalue weighted by Gasteiger charge is -2.06. The molecule has 0 radical (unpaired) electrons. The van der Waals surface area contributed by atoms with Gasteiger partial charge in [-0.3, -0.25) is 0 Å². The molecule has 1 aromatic carbocycles. The Bertz CT molecular complexity index is 341. The number of nitrogens with zero attached hydrogens (tertiary/aromatic N) is 1. The molecule has 0 bridgehead atoms. The Morgan fingerprint density at radius 3 is 2.77 bits per heavy atom. The van der Waals surface area contributed by atoms with Crippen molar-refractivity contribution in [2.45, 2.75) is 19.5 Å². The van der Waals surface area contributed by atoms with Gasteiger partial charge in [0.25, 0.3) is 0 Å². The highest BCUT2D eigenvalue weighted by Gasteiger charge is 2.07. The second-order valence-electron chi connectivity index (χ2n) is 2.81. The highest BCUT2D eigenvalue weighted by Crippen LogP contribution is 2.26. The summed E-state index contributed by atoms with van der Waals surface area (Å²) in [6, 6.07) is 7.32. The van der Waals surface area contributed by atoms with E-state index in [1.807, 2.05) is 6.07 Å². The van der Waals surface area contributed by atoms with Gasteiger partial charge in [-0.1, -0.05) is 28.1 Å². The summed E-state index contributed by atoms with van der Waals surface area (Å²) in [5.74, 6) is 0. The van der Waals surface area contributed by atoms with E-state index >= 15 is 0 Å². The van der Waals surface area contributed by atoms with Crippen LogP contribution in [0.5, 0.6) is 0 Å². The Labute approximate surface area is 85.3 Å². The third-order valence-corrected chi connectivity index (χ3v) is 2.46. The molecule has 0 aliphatic carbocycles. The molecule has 0 aliphatic rings. The Hall–Kier alpha value is -0.880. The Kier molecular flexibility index (Phi) is 3.44. The Morgan fingerprint density at radius 1 is 1.62 bits per heavy atom. The molecular weight excluding hydrogens is 233 g/mol. The van der Waals surface area contributed by atoms with Gasteiger partial charge in [0.2, 0.25) is 0 Å². The first-order valence-corrected chi connectivity index (χ1v) is 4.73. The number of hydrogen-bond acceptors (Lipinski definition) is 1. The van der Waals surface area contributed by atoms with Crippen molar-refractivity contribution in [1.29, 1.82) is 5.26 Å². The van der Waals surface area contributed by atoms with Gasteiger partial charge < -0.3 is 0 Å². The van der Waals surface area contributed by atoms with Gasteiger partial charge in [0, 0.05) is 4.47 Å². The zero-order valence-corrected chi connectivity index (χ0v) is 8.81. The summed E-state index contributed by atoms with van der Waals surface area (Å²) in [6.07, 6.45) is -0.620. The lowest BCUT2D eigenvalue weighted by molar-refractivity contribution is 0.373. The maximum atomic E-state index is 12.9. The number of hydrogen-bond donors (Lipinski definition) is 0. The smallest absolute Gasteiger partial charge is 0.123 e. The van der Waals surface area contributed by atoms with Crippen LogP contribution >= 0.6 is 15.9 Å². The van der Waals surface area contributed by atoms with Gasteiger partial charge in [0.1, 0.15) is 6.17 Å². The molecule has 0 amide bonds. The molecule has 1 atom stereocenters. The number of nitriles is 1. The lowest BCUT2D eigenvalue weighted by atomic mass is 10.1. The van der Waals surface area contributed by atoms with Crippen LogP contribution in [0.3, 0.4) is 0 Å². The van der Waals surface area contributed by atoms with Crippen molar-refractivity contribution in [2.24, 2.45) is 0 Å². The number of alkyl halides is 1. The molecule has 0 saturated carbocycles. The Morgan fingerprint density at radius 2 is 2.31 bits per heavy atom. The molecular formula is C10H9BrFN. The zero-order valence-electron chi connectivity index (χ0n) is 7.22. The van der Waals surface area contributed by atoms with Crippen LogP contribution in [0.2, 0.25) is 0 Å². The highest BCUT2D eigenvalue weighted by molar-refractivity contribution is 9.10. The lowest BCUT2D eigenvalue weighted by Crippen LogP contribution is -1.89. The van der Waals surface area contributed by atoms with Crippen LogP contribution < -0.4 is 0 Å². The molecule has 13 heavy (non-hydrogen) atoms. The first kappa shape index (κ1) is 10.2. The fourth-order valence-electron chi connectivity index (χ4n) is 1.09. The van der Waals surface area contributed by atoms with Crippen LogP contribution in [0.1, 0.15) is 24.2 Å². The standard InChI is InChI=1S/C10H9BrFN/c1-7(12)9-3-2-8(4-5-13)6-10(9)11/h2-3,6-7H,4H2,1H3. The van der Waals surface area contributed by atoms with Crippen LogP contribution in [0, 0.1) is 11.3 Å². The van der Waals surface area contributed by atoms with Gasteiger partial charge in [-0.25, -0.2) is 4.39 Å². The average molecular weight is 242 g/mol. The molecule has 1 rings (SSSR count). The largest absolute Gasteiger partial charge is 0.243 e. The second-order valence-corrected chi connectivity index (χ2v) is 3.66. The topological polar surface area (TPSA) is 23.8 Å². The number of halogens is 2. The predicted molar refractivity (Wildman–Crippen MR) is 53.0 cm³/mol. The minimum absolute atomic E-state index is 0.361. The van der Waals surface area contributed by atoms with Crippen LogP contribution in [0.4, 0.5) is 4.39 Å². The van der Waals surface area contributed by atoms with E-state index in [1.54, 1.807) is 18.2 Å². The fourth-order valence-corrected chi connectivity index (χ4v) is 1.84. The molecule has 0 fully saturated rings. The summed E-state index contributed by atoms with van der Waals surface area (Å²) < 4.78 is 13.6. The minimum atomic E-state index is -0.981. The van der Waals surface area contributed by atoms with E-state index in [0.717, 1.165) is 10.0 Å². The summed E-state index contributed by atoms with van der Waals surface area (Å²) in [5, 5.41) is 8.45. The summed E-state index contributed by atoms with van der Waals surface area (Å²) >= 11 is 3.27. The quantitative estimate of drug-likeness (QED) is 0.777. The molecule has 68 valence electrons. The van der Waals surface area contributed by atoms with E-state index in [-0.39, 0.29) is 0 Å². The molecule has 0 aromatic heterocycles. The second kappa shape index (κ2) is 4.38. The molecule has 0 N–H and O–H groups in total. The SMILES string of the molecule is CC(F)c1ccc(CC#N)cc1Br. The minimum Gasteiger partial charge on any atom is -0.243 e. The van der Waals surface area contributed by atoms with E-state index in [2.05, 4.69) is 15.9 Å². The van der Waals surface area contributed by atoms with E-state index in [9.17, 15) is 4.39 Å². The first-order chi connectivity index (χ1) is 6.15. The first-order valence-electron chi connectivity index (χ1n) is 3.94. The number of rotatable bonds is 2. The third kappa shape index (κ3) is 2.53. The van der Waals surface area contributed by atoms with Crippen molar-refractivity contribution in [2.75, 3.05) is 0 Å². The summed E-state index contributed by atoms with van der Waals surface area (Å²) in [4.78, 5) is 0. The van der Waals surface area contributed by atoms with Gasteiger partial charge in [-0.2, -0.15) is 5.26 Å². The molecule has 1 aromatic rings. The molecule has 1 unspecified atom stereocenters. The van der Waals surface area contributed by atoms with Crippen LogP contribution in [-0.4, -0.2) is 0 Å². The van der Waals surface area contributed by atoms with Gasteiger partial charge >= 0.3 is 0 Å². The fraction of sp³-hybridized carbons (Fsp3) is 0.300. The maximum Gasteiger partial charge on any atom is 0.123 e. The van der Waals surface area contributed by atoms with E-state index < -0.39 is 6.17 Å².